The molecular formula is C17H23NO3. The Balaban J connectivity index is 1.62. The minimum absolute atomic E-state index is 0.172. The minimum Gasteiger partial charge on any atom is -0.480 e. The van der Waals surface area contributed by atoms with E-state index >= 15 is 0 Å². The number of ether oxygens (including phenoxy) is 1. The first-order valence-corrected chi connectivity index (χ1v) is 7.88. The molecule has 2 aliphatic rings. The predicted molar refractivity (Wildman–Crippen MR) is 80.3 cm³/mol. The van der Waals surface area contributed by atoms with Gasteiger partial charge in [0.2, 0.25) is 0 Å². The van der Waals surface area contributed by atoms with Gasteiger partial charge >= 0.3 is 5.97 Å². The van der Waals surface area contributed by atoms with E-state index in [1.54, 1.807) is 0 Å². The number of hydrogen-bond acceptors (Lipinski definition) is 3. The second kappa shape index (κ2) is 6.58. The number of carboxylic acids is 1. The van der Waals surface area contributed by atoms with Gasteiger partial charge in [0, 0.05) is 19.8 Å². The van der Waals surface area contributed by atoms with Crippen LogP contribution >= 0.6 is 0 Å². The average Bonchev–Trinajstić information content (AvgIpc) is 2.96. The topological polar surface area (TPSA) is 58.6 Å². The normalized spacial score (nSPS) is 20.2. The third kappa shape index (κ3) is 3.44. The fourth-order valence-electron chi connectivity index (χ4n) is 3.47. The molecule has 1 atom stereocenters. The van der Waals surface area contributed by atoms with Crippen LogP contribution in [0.15, 0.2) is 18.2 Å². The second-order valence-electron chi connectivity index (χ2n) is 6.10. The van der Waals surface area contributed by atoms with Crippen molar-refractivity contribution < 1.29 is 14.6 Å². The smallest absolute Gasteiger partial charge is 0.320 e. The number of hydrogen-bond donors (Lipinski definition) is 2. The molecule has 0 saturated carbocycles. The monoisotopic (exact) mass is 289 g/mol. The molecule has 0 bridgehead atoms. The van der Waals surface area contributed by atoms with E-state index in [0.717, 1.165) is 19.3 Å². The molecule has 114 valence electrons. The summed E-state index contributed by atoms with van der Waals surface area (Å²) in [5.74, 6) is -0.575. The number of aliphatic carboxylic acids is 1. The van der Waals surface area contributed by atoms with Crippen LogP contribution in [0, 0.1) is 5.92 Å². The molecule has 1 heterocycles. The number of carboxylic acid groups (broad SMARTS) is 1. The highest BCUT2D eigenvalue weighted by molar-refractivity contribution is 5.73. The lowest BCUT2D eigenvalue weighted by molar-refractivity contribution is -0.142. The molecule has 0 radical (unpaired) electrons. The number of rotatable bonds is 5. The van der Waals surface area contributed by atoms with Gasteiger partial charge < -0.3 is 15.2 Å². The summed E-state index contributed by atoms with van der Waals surface area (Å²) in [7, 11) is 0. The van der Waals surface area contributed by atoms with Crippen molar-refractivity contribution in [2.45, 2.75) is 44.7 Å². The maximum Gasteiger partial charge on any atom is 0.320 e. The molecule has 1 fully saturated rings. The molecule has 3 rings (SSSR count). The van der Waals surface area contributed by atoms with Crippen molar-refractivity contribution in [2.24, 2.45) is 5.92 Å². The van der Waals surface area contributed by atoms with Gasteiger partial charge in [-0.05, 0) is 54.7 Å². The minimum atomic E-state index is -0.747. The van der Waals surface area contributed by atoms with Crippen LogP contribution in [-0.4, -0.2) is 30.3 Å². The molecule has 21 heavy (non-hydrogen) atoms. The fraction of sp³-hybridized carbons (Fsp3) is 0.588. The first-order valence-electron chi connectivity index (χ1n) is 7.88. The molecule has 1 aromatic rings. The van der Waals surface area contributed by atoms with Gasteiger partial charge in [-0.15, -0.1) is 0 Å². The maximum atomic E-state index is 11.5. The Labute approximate surface area is 125 Å². The summed E-state index contributed by atoms with van der Waals surface area (Å²) < 4.78 is 5.32. The van der Waals surface area contributed by atoms with E-state index in [-0.39, 0.29) is 5.92 Å². The third-order valence-corrected chi connectivity index (χ3v) is 4.69. The van der Waals surface area contributed by atoms with Crippen molar-refractivity contribution in [2.75, 3.05) is 13.2 Å². The Morgan fingerprint density at radius 1 is 1.29 bits per heavy atom. The Morgan fingerprint density at radius 2 is 2.05 bits per heavy atom. The average molecular weight is 289 g/mol. The summed E-state index contributed by atoms with van der Waals surface area (Å²) in [5, 5.41) is 12.7. The van der Waals surface area contributed by atoms with Gasteiger partial charge in [0.25, 0.3) is 0 Å². The maximum absolute atomic E-state index is 11.5. The zero-order chi connectivity index (χ0) is 14.7. The highest BCUT2D eigenvalue weighted by atomic mass is 16.5. The highest BCUT2D eigenvalue weighted by Crippen LogP contribution is 2.23. The summed E-state index contributed by atoms with van der Waals surface area (Å²) in [6.07, 6.45) is 5.24. The Kier molecular flexibility index (Phi) is 4.56. The molecule has 0 amide bonds. The molecule has 1 saturated heterocycles. The van der Waals surface area contributed by atoms with E-state index in [1.807, 2.05) is 0 Å². The van der Waals surface area contributed by atoms with Crippen molar-refractivity contribution in [1.29, 1.82) is 0 Å². The summed E-state index contributed by atoms with van der Waals surface area (Å²) in [5.41, 5.74) is 4.08. The predicted octanol–water partition coefficient (Wildman–Crippen LogP) is 2.14. The summed E-state index contributed by atoms with van der Waals surface area (Å²) >= 11 is 0. The van der Waals surface area contributed by atoms with Gasteiger partial charge in [-0.25, -0.2) is 0 Å². The molecule has 1 aromatic carbocycles. The number of fused-ring (bicyclic) bond motifs is 1. The van der Waals surface area contributed by atoms with Crippen LogP contribution in [0.4, 0.5) is 0 Å². The van der Waals surface area contributed by atoms with Crippen molar-refractivity contribution in [1.82, 2.24) is 5.32 Å². The quantitative estimate of drug-likeness (QED) is 0.872. The van der Waals surface area contributed by atoms with E-state index < -0.39 is 12.0 Å². The van der Waals surface area contributed by atoms with E-state index in [0.29, 0.717) is 19.8 Å². The van der Waals surface area contributed by atoms with E-state index in [9.17, 15) is 9.90 Å². The van der Waals surface area contributed by atoms with Crippen molar-refractivity contribution in [3.63, 3.8) is 0 Å². The van der Waals surface area contributed by atoms with Crippen LogP contribution in [0.3, 0.4) is 0 Å². The number of carbonyl (C=O) groups is 1. The fourth-order valence-corrected chi connectivity index (χ4v) is 3.47. The van der Waals surface area contributed by atoms with E-state index in [2.05, 4.69) is 23.5 Å². The van der Waals surface area contributed by atoms with Gasteiger partial charge in [-0.3, -0.25) is 4.79 Å². The van der Waals surface area contributed by atoms with Crippen LogP contribution in [0.1, 0.15) is 36.0 Å². The molecule has 1 unspecified atom stereocenters. The molecule has 1 aliphatic carbocycles. The Morgan fingerprint density at radius 3 is 2.81 bits per heavy atom. The molecular weight excluding hydrogens is 266 g/mol. The van der Waals surface area contributed by atoms with Gasteiger partial charge in [0.15, 0.2) is 0 Å². The van der Waals surface area contributed by atoms with Gasteiger partial charge in [0.05, 0.1) is 0 Å². The number of benzene rings is 1. The first-order chi connectivity index (χ1) is 10.2. The van der Waals surface area contributed by atoms with Crippen molar-refractivity contribution in [3.8, 4) is 0 Å². The molecule has 4 nitrogen and oxygen atoms in total. The lowest BCUT2D eigenvalue weighted by atomic mass is 9.91. The summed E-state index contributed by atoms with van der Waals surface area (Å²) in [6, 6.07) is 6.09. The van der Waals surface area contributed by atoms with Gasteiger partial charge in [-0.2, -0.15) is 0 Å². The van der Waals surface area contributed by atoms with Gasteiger partial charge in [0.1, 0.15) is 6.04 Å². The van der Waals surface area contributed by atoms with Crippen molar-refractivity contribution in [3.05, 3.63) is 34.9 Å². The zero-order valence-corrected chi connectivity index (χ0v) is 12.3. The molecule has 0 spiro atoms. The van der Waals surface area contributed by atoms with Crippen molar-refractivity contribution >= 4 is 5.97 Å². The van der Waals surface area contributed by atoms with Crippen LogP contribution in [0.2, 0.25) is 0 Å². The third-order valence-electron chi connectivity index (χ3n) is 4.69. The molecule has 0 aromatic heterocycles. The van der Waals surface area contributed by atoms with E-state index in [4.69, 9.17) is 4.74 Å². The SMILES string of the molecule is O=C(O)C(NCc1ccc2c(c1)CCC2)C1CCOCC1. The largest absolute Gasteiger partial charge is 0.480 e. The number of aryl methyl sites for hydroxylation is 2. The van der Waals surface area contributed by atoms with Crippen LogP contribution in [0.25, 0.3) is 0 Å². The number of nitrogens with one attached hydrogen (secondary N) is 1. The second-order valence-corrected chi connectivity index (χ2v) is 6.10. The Bertz CT molecular complexity index is 509. The lowest BCUT2D eigenvalue weighted by Gasteiger charge is -2.28. The van der Waals surface area contributed by atoms with Crippen LogP contribution in [0.5, 0.6) is 0 Å². The molecule has 1 aliphatic heterocycles. The highest BCUT2D eigenvalue weighted by Gasteiger charge is 2.29. The van der Waals surface area contributed by atoms with E-state index in [1.165, 1.54) is 29.5 Å². The van der Waals surface area contributed by atoms with Gasteiger partial charge in [-0.1, -0.05) is 18.2 Å². The summed E-state index contributed by atoms with van der Waals surface area (Å²) in [6.45, 7) is 1.98. The first kappa shape index (κ1) is 14.5. The summed E-state index contributed by atoms with van der Waals surface area (Å²) in [4.78, 5) is 11.5. The Hall–Kier alpha value is -1.39. The molecule has 4 heteroatoms. The van der Waals surface area contributed by atoms with Crippen LogP contribution in [-0.2, 0) is 28.9 Å². The lowest BCUT2D eigenvalue weighted by Crippen LogP contribution is -2.44. The zero-order valence-electron chi connectivity index (χ0n) is 12.3. The standard InChI is InChI=1S/C17H23NO3/c19-17(20)16(14-6-8-21-9-7-14)18-11-12-4-5-13-2-1-3-15(13)10-12/h4-5,10,14,16,18H,1-3,6-9,11H2,(H,19,20). The van der Waals surface area contributed by atoms with Crippen LogP contribution < -0.4 is 5.32 Å². The molecule has 2 N–H and O–H groups in total.